The lowest BCUT2D eigenvalue weighted by molar-refractivity contribution is -0.143. The van der Waals surface area contributed by atoms with E-state index in [-0.39, 0.29) is 17.5 Å². The minimum absolute atomic E-state index is 0.0530. The summed E-state index contributed by atoms with van der Waals surface area (Å²) in [5.41, 5.74) is 1.05. The summed E-state index contributed by atoms with van der Waals surface area (Å²) < 4.78 is 7.01. The Morgan fingerprint density at radius 1 is 1.28 bits per heavy atom. The molecule has 0 atom stereocenters. The molecule has 0 spiro atoms. The van der Waals surface area contributed by atoms with E-state index in [1.807, 2.05) is 12.1 Å². The Kier molecular flexibility index (Phi) is 3.80. The van der Waals surface area contributed by atoms with Crippen LogP contribution in [0.1, 0.15) is 37.5 Å². The first-order valence-corrected chi connectivity index (χ1v) is 8.68. The summed E-state index contributed by atoms with van der Waals surface area (Å²) in [6.45, 7) is 1.71. The molecule has 4 rings (SSSR count). The van der Waals surface area contributed by atoms with Gasteiger partial charge in [-0.25, -0.2) is 0 Å². The van der Waals surface area contributed by atoms with Crippen molar-refractivity contribution >= 4 is 39.4 Å². The van der Waals surface area contributed by atoms with E-state index in [1.54, 1.807) is 17.6 Å². The van der Waals surface area contributed by atoms with Crippen molar-refractivity contribution in [3.8, 4) is 0 Å². The zero-order valence-electron chi connectivity index (χ0n) is 13.7. The summed E-state index contributed by atoms with van der Waals surface area (Å²) >= 11 is 6.40. The number of hydrogen-bond acceptors (Lipinski definition) is 4. The van der Waals surface area contributed by atoms with Gasteiger partial charge >= 0.3 is 5.97 Å². The molecule has 0 bridgehead atoms. The quantitative estimate of drug-likeness (QED) is 0.748. The van der Waals surface area contributed by atoms with E-state index in [2.05, 4.69) is 5.16 Å². The molecule has 1 N–H and O–H groups in total. The fourth-order valence-electron chi connectivity index (χ4n) is 3.92. The topological polar surface area (TPSA) is 85.3 Å². The maximum atomic E-state index is 13.2. The SMILES string of the molecule is Cc1onc2c1c(=O)n(C1CCC(C(=O)O)CC1)c1cccc(Cl)c21. The van der Waals surface area contributed by atoms with Crippen LogP contribution >= 0.6 is 11.6 Å². The number of carboxylic acid groups (broad SMARTS) is 1. The number of aliphatic carboxylic acids is 1. The first-order valence-electron chi connectivity index (χ1n) is 8.30. The molecule has 7 heteroatoms. The summed E-state index contributed by atoms with van der Waals surface area (Å²) in [6.07, 6.45) is 2.42. The van der Waals surface area contributed by atoms with Gasteiger partial charge in [-0.15, -0.1) is 0 Å². The average molecular weight is 361 g/mol. The Morgan fingerprint density at radius 2 is 2.00 bits per heavy atom. The van der Waals surface area contributed by atoms with Crippen molar-refractivity contribution in [3.05, 3.63) is 39.3 Å². The molecule has 1 aliphatic carbocycles. The molecule has 1 saturated carbocycles. The van der Waals surface area contributed by atoms with Crippen molar-refractivity contribution in [3.63, 3.8) is 0 Å². The third-order valence-corrected chi connectivity index (χ3v) is 5.51. The van der Waals surface area contributed by atoms with Crippen LogP contribution in [0.3, 0.4) is 0 Å². The molecule has 0 unspecified atom stereocenters. The molecule has 0 radical (unpaired) electrons. The minimum Gasteiger partial charge on any atom is -0.481 e. The summed E-state index contributed by atoms with van der Waals surface area (Å²) in [5, 5.41) is 14.9. The van der Waals surface area contributed by atoms with Gasteiger partial charge in [0, 0.05) is 11.4 Å². The number of pyridine rings is 1. The molecule has 1 aliphatic rings. The molecular weight excluding hydrogens is 344 g/mol. The number of nitrogens with zero attached hydrogens (tertiary/aromatic N) is 2. The molecule has 6 nitrogen and oxygen atoms in total. The van der Waals surface area contributed by atoms with Crippen LogP contribution in [0.25, 0.3) is 21.8 Å². The van der Waals surface area contributed by atoms with Gasteiger partial charge in [-0.2, -0.15) is 0 Å². The summed E-state index contributed by atoms with van der Waals surface area (Å²) in [5.74, 6) is -0.623. The number of carboxylic acids is 1. The number of rotatable bonds is 2. The molecule has 0 amide bonds. The van der Waals surface area contributed by atoms with Gasteiger partial charge in [0.25, 0.3) is 5.56 Å². The first kappa shape index (κ1) is 16.1. The third kappa shape index (κ3) is 2.43. The number of carbonyl (C=O) groups is 1. The number of aromatic nitrogens is 2. The van der Waals surface area contributed by atoms with E-state index in [0.717, 1.165) is 5.52 Å². The number of fused-ring (bicyclic) bond motifs is 3. The van der Waals surface area contributed by atoms with Crippen molar-refractivity contribution in [2.45, 2.75) is 38.6 Å². The Hall–Kier alpha value is -2.34. The number of halogens is 1. The molecule has 3 aromatic rings. The second kappa shape index (κ2) is 5.88. The van der Waals surface area contributed by atoms with Crippen LogP contribution < -0.4 is 5.56 Å². The highest BCUT2D eigenvalue weighted by Gasteiger charge is 2.29. The molecule has 130 valence electrons. The van der Waals surface area contributed by atoms with E-state index >= 15 is 0 Å². The highest BCUT2D eigenvalue weighted by molar-refractivity contribution is 6.37. The zero-order chi connectivity index (χ0) is 17.7. The van der Waals surface area contributed by atoms with Gasteiger partial charge in [0.2, 0.25) is 0 Å². The van der Waals surface area contributed by atoms with Crippen LogP contribution in [0.15, 0.2) is 27.5 Å². The Balaban J connectivity index is 1.95. The van der Waals surface area contributed by atoms with Crippen LogP contribution in [-0.4, -0.2) is 20.8 Å². The summed E-state index contributed by atoms with van der Waals surface area (Å²) in [4.78, 5) is 24.4. The van der Waals surface area contributed by atoms with Crippen LogP contribution in [0.2, 0.25) is 5.02 Å². The smallest absolute Gasteiger partial charge is 0.306 e. The molecule has 2 aromatic heterocycles. The van der Waals surface area contributed by atoms with Crippen LogP contribution in [0.5, 0.6) is 0 Å². The Bertz CT molecular complexity index is 1040. The summed E-state index contributed by atoms with van der Waals surface area (Å²) in [7, 11) is 0. The molecule has 1 fully saturated rings. The molecular formula is C18H17ClN2O4. The molecule has 0 aliphatic heterocycles. The fourth-order valence-corrected chi connectivity index (χ4v) is 4.17. The van der Waals surface area contributed by atoms with E-state index < -0.39 is 5.97 Å². The van der Waals surface area contributed by atoms with Gasteiger partial charge in [-0.05, 0) is 44.7 Å². The van der Waals surface area contributed by atoms with Crippen molar-refractivity contribution in [2.75, 3.05) is 0 Å². The lowest BCUT2D eigenvalue weighted by atomic mass is 9.85. The van der Waals surface area contributed by atoms with Gasteiger partial charge in [-0.3, -0.25) is 9.59 Å². The zero-order valence-corrected chi connectivity index (χ0v) is 14.4. The van der Waals surface area contributed by atoms with E-state index in [9.17, 15) is 14.7 Å². The van der Waals surface area contributed by atoms with Crippen LogP contribution in [0, 0.1) is 12.8 Å². The second-order valence-electron chi connectivity index (χ2n) is 6.62. The maximum absolute atomic E-state index is 13.2. The van der Waals surface area contributed by atoms with Crippen LogP contribution in [-0.2, 0) is 4.79 Å². The molecule has 25 heavy (non-hydrogen) atoms. The highest BCUT2D eigenvalue weighted by atomic mass is 35.5. The average Bonchev–Trinajstić information content (AvgIpc) is 2.97. The third-order valence-electron chi connectivity index (χ3n) is 5.19. The van der Waals surface area contributed by atoms with E-state index in [0.29, 0.717) is 52.8 Å². The highest BCUT2D eigenvalue weighted by Crippen LogP contribution is 2.36. The second-order valence-corrected chi connectivity index (χ2v) is 7.02. The first-order chi connectivity index (χ1) is 12.0. The van der Waals surface area contributed by atoms with Gasteiger partial charge in [-0.1, -0.05) is 22.8 Å². The number of aryl methyl sites for hydroxylation is 1. The van der Waals surface area contributed by atoms with E-state index in [4.69, 9.17) is 16.1 Å². The van der Waals surface area contributed by atoms with Gasteiger partial charge < -0.3 is 14.2 Å². The van der Waals surface area contributed by atoms with Crippen molar-refractivity contribution in [1.29, 1.82) is 0 Å². The van der Waals surface area contributed by atoms with Crippen LogP contribution in [0.4, 0.5) is 0 Å². The van der Waals surface area contributed by atoms with Crippen molar-refractivity contribution in [2.24, 2.45) is 5.92 Å². The Labute approximate surface area is 148 Å². The maximum Gasteiger partial charge on any atom is 0.306 e. The predicted molar refractivity (Wildman–Crippen MR) is 94.2 cm³/mol. The predicted octanol–water partition coefficient (Wildman–Crippen LogP) is 3.92. The fraction of sp³-hybridized carbons (Fsp3) is 0.389. The monoisotopic (exact) mass is 360 g/mol. The van der Waals surface area contributed by atoms with E-state index in [1.165, 1.54) is 0 Å². The molecule has 1 aromatic carbocycles. The van der Waals surface area contributed by atoms with Crippen molar-refractivity contribution in [1.82, 2.24) is 9.72 Å². The number of hydrogen-bond donors (Lipinski definition) is 1. The standard InChI is InChI=1S/C18H17ClN2O4/c1-9-14-16(20-25-9)15-12(19)3-2-4-13(15)21(17(14)22)11-7-5-10(6-8-11)18(23)24/h2-4,10-11H,5-8H2,1H3,(H,23,24). The summed E-state index contributed by atoms with van der Waals surface area (Å²) in [6, 6.07) is 5.38. The lowest BCUT2D eigenvalue weighted by Gasteiger charge is -2.29. The number of benzene rings is 1. The van der Waals surface area contributed by atoms with Gasteiger partial charge in [0.05, 0.1) is 16.5 Å². The largest absolute Gasteiger partial charge is 0.481 e. The lowest BCUT2D eigenvalue weighted by Crippen LogP contribution is -2.30. The van der Waals surface area contributed by atoms with Gasteiger partial charge in [0.15, 0.2) is 0 Å². The normalized spacial score (nSPS) is 21.0. The molecule has 2 heterocycles. The molecule has 0 saturated heterocycles. The Morgan fingerprint density at radius 3 is 2.68 bits per heavy atom. The minimum atomic E-state index is -0.760. The van der Waals surface area contributed by atoms with Gasteiger partial charge in [0.1, 0.15) is 16.7 Å². The van der Waals surface area contributed by atoms with Crippen molar-refractivity contribution < 1.29 is 14.4 Å².